The number of hydrogen-bond acceptors (Lipinski definition) is 5. The second-order valence-electron chi connectivity index (χ2n) is 5.17. The van der Waals surface area contributed by atoms with Gasteiger partial charge >= 0.3 is 5.97 Å². The molecule has 5 nitrogen and oxygen atoms in total. The molecule has 0 unspecified atom stereocenters. The maximum atomic E-state index is 11.3. The Labute approximate surface area is 99.7 Å². The van der Waals surface area contributed by atoms with Crippen LogP contribution < -0.4 is 0 Å². The minimum Gasteiger partial charge on any atom is -0.452 e. The van der Waals surface area contributed by atoms with Gasteiger partial charge in [0, 0.05) is 12.0 Å². The lowest BCUT2D eigenvalue weighted by Gasteiger charge is -2.22. The van der Waals surface area contributed by atoms with Crippen molar-refractivity contribution in [2.45, 2.75) is 57.6 Å². The van der Waals surface area contributed by atoms with Crippen molar-refractivity contribution in [3.05, 3.63) is 11.6 Å². The summed E-state index contributed by atoms with van der Waals surface area (Å²) in [5, 5.41) is 0. The molecule has 0 radical (unpaired) electrons. The quantitative estimate of drug-likeness (QED) is 0.643. The van der Waals surface area contributed by atoms with E-state index in [-0.39, 0.29) is 30.6 Å². The summed E-state index contributed by atoms with van der Waals surface area (Å²) in [6.45, 7) is 5.47. The molecule has 5 heteroatoms. The molecule has 0 aliphatic carbocycles. The summed E-state index contributed by atoms with van der Waals surface area (Å²) in [5.74, 6) is -0.851. The van der Waals surface area contributed by atoms with E-state index in [1.807, 2.05) is 13.8 Å². The number of ether oxygens (including phenoxy) is 4. The van der Waals surface area contributed by atoms with Gasteiger partial charge < -0.3 is 18.9 Å². The third kappa shape index (κ3) is 1.88. The molecule has 0 spiro atoms. The van der Waals surface area contributed by atoms with Gasteiger partial charge in [0.1, 0.15) is 18.3 Å². The predicted octanol–water partition coefficient (Wildman–Crippen LogP) is 1.12. The van der Waals surface area contributed by atoms with Crippen molar-refractivity contribution in [2.24, 2.45) is 0 Å². The Hall–Kier alpha value is -0.910. The Morgan fingerprint density at radius 3 is 2.65 bits per heavy atom. The monoisotopic (exact) mass is 240 g/mol. The van der Waals surface area contributed by atoms with Gasteiger partial charge in [0.25, 0.3) is 0 Å². The summed E-state index contributed by atoms with van der Waals surface area (Å²) >= 11 is 0. The molecule has 3 heterocycles. The standard InChI is InChI=1S/C12H16O5/c1-6-4-7(14-10(6)13)8-5-9-11(15-8)17-12(2,3)16-9/h4,7-9,11H,5H2,1-3H3/t7-,8+,9-,11-/m1/s1. The van der Waals surface area contributed by atoms with Gasteiger partial charge in [-0.1, -0.05) is 0 Å². The zero-order valence-electron chi connectivity index (χ0n) is 10.1. The highest BCUT2D eigenvalue weighted by molar-refractivity contribution is 5.90. The van der Waals surface area contributed by atoms with Crippen LogP contribution in [0.1, 0.15) is 27.2 Å². The molecule has 0 aromatic rings. The average molecular weight is 240 g/mol. The predicted molar refractivity (Wildman–Crippen MR) is 57.0 cm³/mol. The molecule has 3 aliphatic heterocycles. The van der Waals surface area contributed by atoms with Crippen LogP contribution in [0.3, 0.4) is 0 Å². The van der Waals surface area contributed by atoms with Crippen LogP contribution in [0.5, 0.6) is 0 Å². The van der Waals surface area contributed by atoms with Gasteiger partial charge in [-0.3, -0.25) is 0 Å². The van der Waals surface area contributed by atoms with Crippen LogP contribution in [0, 0.1) is 0 Å². The number of fused-ring (bicyclic) bond motifs is 1. The van der Waals surface area contributed by atoms with Gasteiger partial charge in [-0.25, -0.2) is 4.79 Å². The highest BCUT2D eigenvalue weighted by atomic mass is 16.8. The van der Waals surface area contributed by atoms with Crippen LogP contribution >= 0.6 is 0 Å². The van der Waals surface area contributed by atoms with E-state index in [1.165, 1.54) is 0 Å². The van der Waals surface area contributed by atoms with Crippen LogP contribution in [0.25, 0.3) is 0 Å². The molecule has 2 fully saturated rings. The maximum absolute atomic E-state index is 11.3. The van der Waals surface area contributed by atoms with E-state index in [0.29, 0.717) is 12.0 Å². The third-order valence-electron chi connectivity index (χ3n) is 3.26. The van der Waals surface area contributed by atoms with E-state index in [0.717, 1.165) is 0 Å². The van der Waals surface area contributed by atoms with Gasteiger partial charge in [-0.2, -0.15) is 0 Å². The Bertz CT molecular complexity index is 370. The smallest absolute Gasteiger partial charge is 0.334 e. The van der Waals surface area contributed by atoms with E-state index in [2.05, 4.69) is 0 Å². The number of cyclic esters (lactones) is 1. The van der Waals surface area contributed by atoms with Gasteiger partial charge in [-0.05, 0) is 26.8 Å². The van der Waals surface area contributed by atoms with Crippen molar-refractivity contribution in [3.63, 3.8) is 0 Å². The molecule has 3 aliphatic rings. The number of esters is 1. The van der Waals surface area contributed by atoms with Crippen LogP contribution in [0.4, 0.5) is 0 Å². The van der Waals surface area contributed by atoms with E-state index >= 15 is 0 Å². The van der Waals surface area contributed by atoms with Gasteiger partial charge in [-0.15, -0.1) is 0 Å². The molecule has 0 saturated carbocycles. The first kappa shape index (κ1) is 11.2. The fraction of sp³-hybridized carbons (Fsp3) is 0.750. The topological polar surface area (TPSA) is 54.0 Å². The molecule has 2 saturated heterocycles. The van der Waals surface area contributed by atoms with Crippen molar-refractivity contribution >= 4 is 5.97 Å². The minimum absolute atomic E-state index is 0.0667. The fourth-order valence-electron chi connectivity index (χ4n) is 2.49. The van der Waals surface area contributed by atoms with Gasteiger partial charge in [0.15, 0.2) is 12.1 Å². The molecular formula is C12H16O5. The summed E-state index contributed by atoms with van der Waals surface area (Å²) in [6.07, 6.45) is 1.62. The molecule has 3 rings (SSSR count). The maximum Gasteiger partial charge on any atom is 0.334 e. The Morgan fingerprint density at radius 1 is 1.29 bits per heavy atom. The first-order valence-corrected chi connectivity index (χ1v) is 5.85. The summed E-state index contributed by atoms with van der Waals surface area (Å²) in [6, 6.07) is 0. The summed E-state index contributed by atoms with van der Waals surface area (Å²) in [5.41, 5.74) is 0.637. The van der Waals surface area contributed by atoms with Gasteiger partial charge in [0.05, 0.1) is 0 Å². The van der Waals surface area contributed by atoms with Crippen molar-refractivity contribution < 1.29 is 23.7 Å². The molecule has 0 aromatic heterocycles. The van der Waals surface area contributed by atoms with Crippen molar-refractivity contribution in [2.75, 3.05) is 0 Å². The molecule has 94 valence electrons. The van der Waals surface area contributed by atoms with E-state index in [4.69, 9.17) is 18.9 Å². The zero-order chi connectivity index (χ0) is 12.2. The number of hydrogen-bond donors (Lipinski definition) is 0. The van der Waals surface area contributed by atoms with E-state index in [9.17, 15) is 4.79 Å². The lowest BCUT2D eigenvalue weighted by atomic mass is 10.1. The number of carbonyl (C=O) groups excluding carboxylic acids is 1. The lowest BCUT2D eigenvalue weighted by Crippen LogP contribution is -2.30. The second kappa shape index (κ2) is 3.54. The zero-order valence-corrected chi connectivity index (χ0v) is 10.1. The molecule has 0 aromatic carbocycles. The molecule has 0 N–H and O–H groups in total. The van der Waals surface area contributed by atoms with Crippen molar-refractivity contribution in [1.29, 1.82) is 0 Å². The largest absolute Gasteiger partial charge is 0.452 e. The number of carbonyl (C=O) groups is 1. The van der Waals surface area contributed by atoms with E-state index in [1.54, 1.807) is 13.0 Å². The second-order valence-corrected chi connectivity index (χ2v) is 5.17. The Morgan fingerprint density at radius 2 is 2.06 bits per heavy atom. The summed E-state index contributed by atoms with van der Waals surface area (Å²) in [4.78, 5) is 11.3. The van der Waals surface area contributed by atoms with Crippen LogP contribution in [0.2, 0.25) is 0 Å². The van der Waals surface area contributed by atoms with Crippen molar-refractivity contribution in [1.82, 2.24) is 0 Å². The molecule has 4 atom stereocenters. The van der Waals surface area contributed by atoms with Crippen LogP contribution in [0.15, 0.2) is 11.6 Å². The van der Waals surface area contributed by atoms with Gasteiger partial charge in [0.2, 0.25) is 0 Å². The number of rotatable bonds is 1. The molecule has 17 heavy (non-hydrogen) atoms. The third-order valence-corrected chi connectivity index (χ3v) is 3.26. The van der Waals surface area contributed by atoms with E-state index < -0.39 is 5.79 Å². The Kier molecular flexibility index (Phi) is 2.33. The Balaban J connectivity index is 1.66. The molecular weight excluding hydrogens is 224 g/mol. The first-order valence-electron chi connectivity index (χ1n) is 5.85. The van der Waals surface area contributed by atoms with Crippen LogP contribution in [-0.2, 0) is 23.7 Å². The van der Waals surface area contributed by atoms with Crippen LogP contribution in [-0.4, -0.2) is 36.4 Å². The average Bonchev–Trinajstić information content (AvgIpc) is 2.78. The SMILES string of the molecule is CC1=C[C@H]([C@@H]2C[C@H]3OC(C)(C)O[C@H]3O2)OC1=O. The van der Waals surface area contributed by atoms with Crippen molar-refractivity contribution in [3.8, 4) is 0 Å². The lowest BCUT2D eigenvalue weighted by molar-refractivity contribution is -0.213. The fourth-order valence-corrected chi connectivity index (χ4v) is 2.49. The first-order chi connectivity index (χ1) is 7.94. The molecule has 0 amide bonds. The highest BCUT2D eigenvalue weighted by Crippen LogP contribution is 2.39. The highest BCUT2D eigenvalue weighted by Gasteiger charge is 2.51. The summed E-state index contributed by atoms with van der Waals surface area (Å²) < 4.78 is 22.3. The summed E-state index contributed by atoms with van der Waals surface area (Å²) in [7, 11) is 0. The normalized spacial score (nSPS) is 43.5. The minimum atomic E-state index is -0.585. The molecule has 0 bridgehead atoms.